The number of methoxy groups -OCH3 is 1. The smallest absolute Gasteiger partial charge is 0.329 e. The highest BCUT2D eigenvalue weighted by Gasteiger charge is 2.11. The summed E-state index contributed by atoms with van der Waals surface area (Å²) in [6.45, 7) is 0.269. The summed E-state index contributed by atoms with van der Waals surface area (Å²) in [5, 5.41) is 6.66. The fourth-order valence-electron chi connectivity index (χ4n) is 1.84. The fraction of sp³-hybridized carbons (Fsp3) is 0.118. The first-order valence-electron chi connectivity index (χ1n) is 7.09. The molecule has 0 unspecified atom stereocenters. The van der Waals surface area contributed by atoms with E-state index in [1.54, 1.807) is 18.2 Å². The molecule has 2 rings (SSSR count). The molecule has 0 bridgehead atoms. The Bertz CT molecular complexity index is 748. The van der Waals surface area contributed by atoms with Gasteiger partial charge in [0.15, 0.2) is 0 Å². The van der Waals surface area contributed by atoms with Crippen LogP contribution in [-0.4, -0.2) is 25.1 Å². The van der Waals surface area contributed by atoms with Gasteiger partial charge in [0.05, 0.1) is 18.3 Å². The van der Waals surface area contributed by atoms with E-state index in [0.29, 0.717) is 16.3 Å². The number of hydrogen-bond acceptors (Lipinski definition) is 4. The molecule has 6 nitrogen and oxygen atoms in total. The minimum atomic E-state index is -0.846. The normalized spacial score (nSPS) is 10.4. The molecule has 0 aliphatic heterocycles. The summed E-state index contributed by atoms with van der Waals surface area (Å²) in [4.78, 5) is 23.3. The molecule has 2 N–H and O–H groups in total. The van der Waals surface area contributed by atoms with Gasteiger partial charge in [-0.3, -0.25) is 9.59 Å². The number of carbonyl (C=O) groups is 2. The molecule has 7 heteroatoms. The number of rotatable bonds is 5. The van der Waals surface area contributed by atoms with E-state index in [4.69, 9.17) is 16.3 Å². The highest BCUT2D eigenvalue weighted by atomic mass is 35.5. The highest BCUT2D eigenvalue weighted by molar-refractivity contribution is 6.35. The maximum atomic E-state index is 11.7. The van der Waals surface area contributed by atoms with Crippen molar-refractivity contribution in [3.63, 3.8) is 0 Å². The second-order valence-corrected chi connectivity index (χ2v) is 5.17. The van der Waals surface area contributed by atoms with Crippen LogP contribution >= 0.6 is 11.6 Å². The van der Waals surface area contributed by atoms with Crippen LogP contribution in [0.2, 0.25) is 5.02 Å². The number of halogens is 1. The van der Waals surface area contributed by atoms with Crippen molar-refractivity contribution in [3.8, 4) is 5.75 Å². The monoisotopic (exact) mass is 345 g/mol. The molecule has 0 saturated heterocycles. The Kier molecular flexibility index (Phi) is 6.33. The van der Waals surface area contributed by atoms with E-state index in [1.165, 1.54) is 13.3 Å². The lowest BCUT2D eigenvalue weighted by Crippen LogP contribution is -2.37. The second-order valence-electron chi connectivity index (χ2n) is 4.76. The van der Waals surface area contributed by atoms with Gasteiger partial charge in [-0.2, -0.15) is 5.10 Å². The Morgan fingerprint density at radius 2 is 1.92 bits per heavy atom. The molecule has 0 fully saturated rings. The molecule has 124 valence electrons. The molecule has 0 saturated carbocycles. The van der Waals surface area contributed by atoms with Crippen LogP contribution in [0.25, 0.3) is 0 Å². The molecule has 0 spiro atoms. The molecule has 2 aromatic rings. The maximum Gasteiger partial charge on any atom is 0.329 e. The first-order valence-corrected chi connectivity index (χ1v) is 7.46. The zero-order valence-corrected chi connectivity index (χ0v) is 13.7. The van der Waals surface area contributed by atoms with Crippen LogP contribution in [0.4, 0.5) is 0 Å². The minimum Gasteiger partial charge on any atom is -0.495 e. The van der Waals surface area contributed by atoms with Crippen LogP contribution in [0, 0.1) is 0 Å². The van der Waals surface area contributed by atoms with Gasteiger partial charge in [-0.05, 0) is 29.3 Å². The summed E-state index contributed by atoms with van der Waals surface area (Å²) in [6, 6.07) is 14.3. The number of nitrogens with one attached hydrogen (secondary N) is 2. The summed E-state index contributed by atoms with van der Waals surface area (Å²) in [6.07, 6.45) is 1.38. The Morgan fingerprint density at radius 3 is 2.58 bits per heavy atom. The number of ether oxygens (including phenoxy) is 1. The van der Waals surface area contributed by atoms with Gasteiger partial charge >= 0.3 is 11.8 Å². The molecule has 2 amide bonds. The summed E-state index contributed by atoms with van der Waals surface area (Å²) in [5.41, 5.74) is 3.72. The Labute approximate surface area is 144 Å². The highest BCUT2D eigenvalue weighted by Crippen LogP contribution is 2.24. The van der Waals surface area contributed by atoms with Crippen LogP contribution in [-0.2, 0) is 16.1 Å². The Hall–Kier alpha value is -2.86. The molecule has 24 heavy (non-hydrogen) atoms. The van der Waals surface area contributed by atoms with Crippen molar-refractivity contribution in [3.05, 3.63) is 64.7 Å². The molecule has 0 aliphatic rings. The predicted molar refractivity (Wildman–Crippen MR) is 92.0 cm³/mol. The third-order valence-electron chi connectivity index (χ3n) is 3.06. The molecule has 0 radical (unpaired) electrons. The number of benzene rings is 2. The van der Waals surface area contributed by atoms with E-state index in [0.717, 1.165) is 5.56 Å². The van der Waals surface area contributed by atoms with E-state index in [2.05, 4.69) is 15.8 Å². The molecule has 0 atom stereocenters. The lowest BCUT2D eigenvalue weighted by atomic mass is 10.2. The molecular formula is C17H16ClN3O3. The van der Waals surface area contributed by atoms with Crippen LogP contribution in [0.5, 0.6) is 5.75 Å². The van der Waals surface area contributed by atoms with Crippen LogP contribution < -0.4 is 15.5 Å². The Morgan fingerprint density at radius 1 is 1.17 bits per heavy atom. The van der Waals surface area contributed by atoms with Gasteiger partial charge in [-0.15, -0.1) is 0 Å². The van der Waals surface area contributed by atoms with E-state index < -0.39 is 11.8 Å². The van der Waals surface area contributed by atoms with Crippen LogP contribution in [0.15, 0.2) is 53.6 Å². The van der Waals surface area contributed by atoms with E-state index in [1.807, 2.05) is 30.3 Å². The van der Waals surface area contributed by atoms with Crippen LogP contribution in [0.1, 0.15) is 11.1 Å². The van der Waals surface area contributed by atoms with Crippen molar-refractivity contribution < 1.29 is 14.3 Å². The van der Waals surface area contributed by atoms with Crippen LogP contribution in [0.3, 0.4) is 0 Å². The maximum absolute atomic E-state index is 11.7. The van der Waals surface area contributed by atoms with E-state index in [9.17, 15) is 9.59 Å². The van der Waals surface area contributed by atoms with E-state index >= 15 is 0 Å². The zero-order chi connectivity index (χ0) is 17.4. The van der Waals surface area contributed by atoms with Gasteiger partial charge in [0.1, 0.15) is 5.75 Å². The summed E-state index contributed by atoms with van der Waals surface area (Å²) < 4.78 is 5.04. The average molecular weight is 346 g/mol. The molecule has 0 aromatic heterocycles. The first kappa shape index (κ1) is 17.5. The standard InChI is InChI=1S/C17H16ClN3O3/c1-24-15-8-7-13(9-14(15)18)11-20-21-17(23)16(22)19-10-12-5-3-2-4-6-12/h2-9,11H,10H2,1H3,(H,19,22)(H,21,23)/b20-11-. The predicted octanol–water partition coefficient (Wildman–Crippen LogP) is 2.12. The number of hydrogen-bond donors (Lipinski definition) is 2. The third-order valence-corrected chi connectivity index (χ3v) is 3.35. The van der Waals surface area contributed by atoms with Gasteiger partial charge in [0.25, 0.3) is 0 Å². The van der Waals surface area contributed by atoms with E-state index in [-0.39, 0.29) is 6.54 Å². The largest absolute Gasteiger partial charge is 0.495 e. The van der Waals surface area contributed by atoms with Gasteiger partial charge in [0.2, 0.25) is 0 Å². The average Bonchev–Trinajstić information content (AvgIpc) is 2.60. The van der Waals surface area contributed by atoms with Gasteiger partial charge in [-0.25, -0.2) is 5.43 Å². The van der Waals surface area contributed by atoms with Crippen molar-refractivity contribution in [2.24, 2.45) is 5.10 Å². The van der Waals surface area contributed by atoms with Crippen molar-refractivity contribution in [1.29, 1.82) is 0 Å². The zero-order valence-electron chi connectivity index (χ0n) is 13.0. The SMILES string of the molecule is COc1ccc(/C=N\NC(=O)C(=O)NCc2ccccc2)cc1Cl. The Balaban J connectivity index is 1.83. The third kappa shape index (κ3) is 5.10. The molecular weight excluding hydrogens is 330 g/mol. The van der Waals surface area contributed by atoms with Crippen molar-refractivity contribution in [2.45, 2.75) is 6.54 Å². The molecule has 0 aliphatic carbocycles. The number of nitrogens with zero attached hydrogens (tertiary/aromatic N) is 1. The quantitative estimate of drug-likeness (QED) is 0.495. The van der Waals surface area contributed by atoms with Gasteiger partial charge in [-0.1, -0.05) is 41.9 Å². The van der Waals surface area contributed by atoms with Crippen molar-refractivity contribution >= 4 is 29.6 Å². The number of carbonyl (C=O) groups excluding carboxylic acids is 2. The van der Waals surface area contributed by atoms with Gasteiger partial charge in [0, 0.05) is 6.54 Å². The summed E-state index contributed by atoms with van der Waals surface area (Å²) >= 11 is 5.98. The summed E-state index contributed by atoms with van der Waals surface area (Å²) in [7, 11) is 1.52. The fourth-order valence-corrected chi connectivity index (χ4v) is 2.10. The second kappa shape index (κ2) is 8.69. The molecule has 2 aromatic carbocycles. The summed E-state index contributed by atoms with van der Waals surface area (Å²) in [5.74, 6) is -1.07. The molecule has 0 heterocycles. The minimum absolute atomic E-state index is 0.269. The van der Waals surface area contributed by atoms with Crippen molar-refractivity contribution in [2.75, 3.05) is 7.11 Å². The van der Waals surface area contributed by atoms with Gasteiger partial charge < -0.3 is 10.1 Å². The lowest BCUT2D eigenvalue weighted by Gasteiger charge is -2.04. The first-order chi connectivity index (χ1) is 11.6. The van der Waals surface area contributed by atoms with Crippen molar-refractivity contribution in [1.82, 2.24) is 10.7 Å². The topological polar surface area (TPSA) is 79.8 Å². The number of amides is 2. The number of hydrazone groups is 1. The lowest BCUT2D eigenvalue weighted by molar-refractivity contribution is -0.139.